The van der Waals surface area contributed by atoms with Crippen molar-refractivity contribution >= 4 is 46.5 Å². The first kappa shape index (κ1) is 24.7. The van der Waals surface area contributed by atoms with Crippen molar-refractivity contribution in [2.45, 2.75) is 27.4 Å². The summed E-state index contributed by atoms with van der Waals surface area (Å²) in [6.07, 6.45) is 1.77. The highest BCUT2D eigenvalue weighted by Gasteiger charge is 2.32. The van der Waals surface area contributed by atoms with Crippen LogP contribution in [0, 0.1) is 0 Å². The van der Waals surface area contributed by atoms with E-state index in [9.17, 15) is 14.7 Å². The number of nitrogens with zero attached hydrogens (tertiary/aromatic N) is 2. The van der Waals surface area contributed by atoms with Gasteiger partial charge in [0.2, 0.25) is 0 Å². The third-order valence-electron chi connectivity index (χ3n) is 4.68. The molecule has 1 aliphatic heterocycles. The highest BCUT2D eigenvalue weighted by Crippen LogP contribution is 2.39. The third-order valence-corrected chi connectivity index (χ3v) is 6.01. The Kier molecular flexibility index (Phi) is 8.41. The Morgan fingerprint density at radius 3 is 2.67 bits per heavy atom. The topological polar surface area (TPSA) is 88.4 Å². The molecule has 0 saturated carbocycles. The number of carboxylic acids is 1. The summed E-state index contributed by atoms with van der Waals surface area (Å²) in [6.45, 7) is 7.35. The van der Waals surface area contributed by atoms with Gasteiger partial charge in [0.05, 0.1) is 22.1 Å². The first-order chi connectivity index (χ1) is 15.9. The lowest BCUT2D eigenvalue weighted by molar-refractivity contribution is -0.122. The molecule has 0 unspecified atom stereocenters. The molecular weight excluding hydrogens is 464 g/mol. The van der Waals surface area contributed by atoms with E-state index in [4.69, 9.17) is 21.1 Å². The van der Waals surface area contributed by atoms with Crippen molar-refractivity contribution in [3.05, 3.63) is 63.0 Å². The molecule has 7 nitrogen and oxygen atoms in total. The maximum absolute atomic E-state index is 12.7. The van der Waals surface area contributed by atoms with Crippen LogP contribution < -0.4 is 9.47 Å². The van der Waals surface area contributed by atoms with Gasteiger partial charge in [-0.05, 0) is 74.0 Å². The predicted octanol–water partition coefficient (Wildman–Crippen LogP) is 5.33. The molecule has 1 saturated heterocycles. The number of aliphatic imine (C=N–C) groups is 1. The van der Waals surface area contributed by atoms with Crippen molar-refractivity contribution in [1.29, 1.82) is 0 Å². The summed E-state index contributed by atoms with van der Waals surface area (Å²) in [4.78, 5) is 30.6. The fourth-order valence-corrected chi connectivity index (χ4v) is 4.59. The van der Waals surface area contributed by atoms with Crippen LogP contribution in [-0.4, -0.2) is 46.7 Å². The maximum atomic E-state index is 12.7. The minimum atomic E-state index is -1.00. The number of aromatic carboxylic acids is 1. The minimum absolute atomic E-state index is 0.0950. The van der Waals surface area contributed by atoms with E-state index in [0.717, 1.165) is 0 Å². The first-order valence-electron chi connectivity index (χ1n) is 10.5. The van der Waals surface area contributed by atoms with Crippen LogP contribution in [0.2, 0.25) is 5.02 Å². The number of benzene rings is 2. The van der Waals surface area contributed by atoms with Gasteiger partial charge in [-0.3, -0.25) is 14.7 Å². The summed E-state index contributed by atoms with van der Waals surface area (Å²) in [5.41, 5.74) is 1.57. The molecule has 1 N–H and O–H groups in total. The molecule has 2 aromatic carbocycles. The number of carboxylic acid groups (broad SMARTS) is 1. The van der Waals surface area contributed by atoms with Gasteiger partial charge in [0.1, 0.15) is 6.61 Å². The SMILES string of the molecule is CCN=C1S/C(=C/c2cc(Cl)c(OCc3cccc(C(=O)O)c3)c(OCC)c2)C(=O)N1CC. The summed E-state index contributed by atoms with van der Waals surface area (Å²) < 4.78 is 11.6. The van der Waals surface area contributed by atoms with Gasteiger partial charge in [0.25, 0.3) is 5.91 Å². The number of ether oxygens (including phenoxy) is 2. The lowest BCUT2D eigenvalue weighted by atomic mass is 10.1. The maximum Gasteiger partial charge on any atom is 0.335 e. The van der Waals surface area contributed by atoms with Crippen molar-refractivity contribution in [2.75, 3.05) is 19.7 Å². The van der Waals surface area contributed by atoms with Crippen molar-refractivity contribution < 1.29 is 24.2 Å². The Balaban J connectivity index is 1.88. The molecule has 1 amide bonds. The van der Waals surface area contributed by atoms with Crippen LogP contribution in [0.15, 0.2) is 46.3 Å². The van der Waals surface area contributed by atoms with Gasteiger partial charge in [-0.1, -0.05) is 23.7 Å². The fraction of sp³-hybridized carbons (Fsp3) is 0.292. The van der Waals surface area contributed by atoms with Gasteiger partial charge >= 0.3 is 5.97 Å². The Labute approximate surface area is 202 Å². The van der Waals surface area contributed by atoms with E-state index in [1.54, 1.807) is 41.3 Å². The fourth-order valence-electron chi connectivity index (χ4n) is 3.22. The number of amides is 1. The molecule has 1 heterocycles. The highest BCUT2D eigenvalue weighted by molar-refractivity contribution is 8.18. The number of carbonyl (C=O) groups is 2. The molecule has 0 spiro atoms. The van der Waals surface area contributed by atoms with Crippen LogP contribution in [0.1, 0.15) is 42.3 Å². The molecule has 0 atom stereocenters. The number of likely N-dealkylation sites (N-methyl/N-ethyl adjacent to an activating group) is 1. The quantitative estimate of drug-likeness (QED) is 0.480. The standard InChI is InChI=1S/C24H25ClN2O5S/c1-4-26-24-27(5-2)22(28)20(33-24)13-16-11-18(25)21(19(12-16)31-6-3)32-14-15-8-7-9-17(10-15)23(29)30/h7-13H,4-6,14H2,1-3H3,(H,29,30)/b20-13+,26-24?. The average molecular weight is 489 g/mol. The zero-order valence-electron chi connectivity index (χ0n) is 18.6. The van der Waals surface area contributed by atoms with E-state index in [1.165, 1.54) is 17.8 Å². The molecule has 0 radical (unpaired) electrons. The Bertz CT molecular complexity index is 1120. The van der Waals surface area contributed by atoms with Crippen LogP contribution in [0.5, 0.6) is 11.5 Å². The van der Waals surface area contributed by atoms with Crippen LogP contribution in [0.4, 0.5) is 0 Å². The summed E-state index contributed by atoms with van der Waals surface area (Å²) in [6, 6.07) is 9.98. The van der Waals surface area contributed by atoms with Gasteiger partial charge in [-0.15, -0.1) is 0 Å². The third kappa shape index (κ3) is 5.89. The van der Waals surface area contributed by atoms with Crippen LogP contribution in [-0.2, 0) is 11.4 Å². The zero-order valence-corrected chi connectivity index (χ0v) is 20.2. The zero-order chi connectivity index (χ0) is 24.0. The Morgan fingerprint density at radius 2 is 2.00 bits per heavy atom. The van der Waals surface area contributed by atoms with Crippen molar-refractivity contribution in [2.24, 2.45) is 4.99 Å². The van der Waals surface area contributed by atoms with Crippen molar-refractivity contribution in [1.82, 2.24) is 4.90 Å². The second-order valence-electron chi connectivity index (χ2n) is 6.97. The molecule has 2 aromatic rings. The summed E-state index contributed by atoms with van der Waals surface area (Å²) >= 11 is 7.86. The Hall–Kier alpha value is -2.97. The predicted molar refractivity (Wildman–Crippen MR) is 131 cm³/mol. The molecular formula is C24H25ClN2O5S. The largest absolute Gasteiger partial charge is 0.490 e. The Morgan fingerprint density at radius 1 is 1.21 bits per heavy atom. The molecule has 33 heavy (non-hydrogen) atoms. The molecule has 174 valence electrons. The summed E-state index contributed by atoms with van der Waals surface area (Å²) in [5, 5.41) is 10.2. The highest BCUT2D eigenvalue weighted by atomic mass is 35.5. The van der Waals surface area contributed by atoms with Gasteiger partial charge in [-0.25, -0.2) is 4.79 Å². The van der Waals surface area contributed by atoms with E-state index in [-0.39, 0.29) is 18.1 Å². The van der Waals surface area contributed by atoms with Crippen LogP contribution >= 0.6 is 23.4 Å². The van der Waals surface area contributed by atoms with Crippen molar-refractivity contribution in [3.63, 3.8) is 0 Å². The molecule has 0 aliphatic carbocycles. The molecule has 1 aliphatic rings. The normalized spacial score (nSPS) is 16.0. The summed E-state index contributed by atoms with van der Waals surface area (Å²) in [5.74, 6) is -0.301. The van der Waals surface area contributed by atoms with E-state index >= 15 is 0 Å². The lowest BCUT2D eigenvalue weighted by Crippen LogP contribution is -2.28. The van der Waals surface area contributed by atoms with E-state index in [0.29, 0.717) is 57.4 Å². The van der Waals surface area contributed by atoms with Crippen LogP contribution in [0.3, 0.4) is 0 Å². The second-order valence-corrected chi connectivity index (χ2v) is 8.39. The van der Waals surface area contributed by atoms with Gasteiger partial charge in [0.15, 0.2) is 16.7 Å². The van der Waals surface area contributed by atoms with Gasteiger partial charge < -0.3 is 14.6 Å². The van der Waals surface area contributed by atoms with Gasteiger partial charge in [0, 0.05) is 13.1 Å². The molecule has 9 heteroatoms. The number of thioether (sulfide) groups is 1. The van der Waals surface area contributed by atoms with Crippen LogP contribution in [0.25, 0.3) is 6.08 Å². The van der Waals surface area contributed by atoms with Gasteiger partial charge in [-0.2, -0.15) is 0 Å². The second kappa shape index (κ2) is 11.2. The first-order valence-corrected chi connectivity index (χ1v) is 11.7. The number of hydrogen-bond donors (Lipinski definition) is 1. The van der Waals surface area contributed by atoms with E-state index < -0.39 is 5.97 Å². The van der Waals surface area contributed by atoms with E-state index in [1.807, 2.05) is 20.8 Å². The lowest BCUT2D eigenvalue weighted by Gasteiger charge is -2.15. The van der Waals surface area contributed by atoms with E-state index in [2.05, 4.69) is 4.99 Å². The van der Waals surface area contributed by atoms with Crippen molar-refractivity contribution in [3.8, 4) is 11.5 Å². The smallest absolute Gasteiger partial charge is 0.335 e. The number of halogens is 1. The number of carbonyl (C=O) groups excluding carboxylic acids is 1. The average Bonchev–Trinajstić information content (AvgIpc) is 3.07. The molecule has 0 bridgehead atoms. The minimum Gasteiger partial charge on any atom is -0.490 e. The molecule has 0 aromatic heterocycles. The number of rotatable bonds is 9. The molecule has 1 fully saturated rings. The summed E-state index contributed by atoms with van der Waals surface area (Å²) in [7, 11) is 0. The molecule has 3 rings (SSSR count). The number of amidine groups is 1. The number of hydrogen-bond acceptors (Lipinski definition) is 6. The monoisotopic (exact) mass is 488 g/mol.